The van der Waals surface area contributed by atoms with Crippen LogP contribution in [-0.2, 0) is 9.47 Å². The maximum Gasteiger partial charge on any atom is 0.338 e. The Balaban J connectivity index is 1.61. The van der Waals surface area contributed by atoms with Crippen LogP contribution in [0.25, 0.3) is 0 Å². The van der Waals surface area contributed by atoms with E-state index in [1.54, 1.807) is 24.3 Å². The first-order chi connectivity index (χ1) is 14.5. The third-order valence-electron chi connectivity index (χ3n) is 6.21. The van der Waals surface area contributed by atoms with Gasteiger partial charge in [0.2, 0.25) is 0 Å². The molecule has 1 aromatic carbocycles. The van der Waals surface area contributed by atoms with Crippen molar-refractivity contribution in [3.8, 4) is 0 Å². The quantitative estimate of drug-likeness (QED) is 0.660. The summed E-state index contributed by atoms with van der Waals surface area (Å²) < 4.78 is 11.6. The highest BCUT2D eigenvalue weighted by molar-refractivity contribution is 5.93. The number of esters is 2. The maximum atomic E-state index is 12.7. The first kappa shape index (κ1) is 24.7. The smallest absolute Gasteiger partial charge is 0.338 e. The van der Waals surface area contributed by atoms with E-state index in [0.29, 0.717) is 11.1 Å². The van der Waals surface area contributed by atoms with E-state index in [4.69, 9.17) is 9.47 Å². The second-order valence-corrected chi connectivity index (χ2v) is 12.2. The SMILES string of the molecule is CC1(C)CC(OC(=O)c2ccc(C(=O)OC3CC(C)(C)NC(C)(C)C3)cc2)CC(C)(C)N1. The van der Waals surface area contributed by atoms with E-state index < -0.39 is 0 Å². The van der Waals surface area contributed by atoms with Gasteiger partial charge in [-0.3, -0.25) is 0 Å². The largest absolute Gasteiger partial charge is 0.459 e. The number of benzene rings is 1. The highest BCUT2D eigenvalue weighted by atomic mass is 16.5. The number of carbonyl (C=O) groups is 2. The molecule has 0 spiro atoms. The Morgan fingerprint density at radius 3 is 1.12 bits per heavy atom. The van der Waals surface area contributed by atoms with Gasteiger partial charge in [-0.25, -0.2) is 9.59 Å². The molecular weight excluding hydrogens is 404 g/mol. The third kappa shape index (κ3) is 6.55. The Morgan fingerprint density at radius 2 is 0.875 bits per heavy atom. The Morgan fingerprint density at radius 1 is 0.625 bits per heavy atom. The predicted octanol–water partition coefficient (Wildman–Crippen LogP) is 4.62. The zero-order valence-electron chi connectivity index (χ0n) is 20.9. The van der Waals surface area contributed by atoms with E-state index >= 15 is 0 Å². The zero-order valence-corrected chi connectivity index (χ0v) is 20.9. The molecule has 2 fully saturated rings. The van der Waals surface area contributed by atoms with Gasteiger partial charge in [0.25, 0.3) is 0 Å². The van der Waals surface area contributed by atoms with E-state index in [-0.39, 0.29) is 46.3 Å². The lowest BCUT2D eigenvalue weighted by Gasteiger charge is -2.46. The van der Waals surface area contributed by atoms with Crippen LogP contribution in [0.1, 0.15) is 102 Å². The topological polar surface area (TPSA) is 76.7 Å². The molecule has 2 aliphatic heterocycles. The maximum absolute atomic E-state index is 12.7. The summed E-state index contributed by atoms with van der Waals surface area (Å²) in [5, 5.41) is 7.18. The van der Waals surface area contributed by atoms with Gasteiger partial charge in [0.1, 0.15) is 12.2 Å². The molecule has 2 saturated heterocycles. The fraction of sp³-hybridized carbons (Fsp3) is 0.692. The van der Waals surface area contributed by atoms with Crippen molar-refractivity contribution in [3.05, 3.63) is 35.4 Å². The van der Waals surface area contributed by atoms with Crippen molar-refractivity contribution < 1.29 is 19.1 Å². The molecule has 0 atom stereocenters. The number of hydrogen-bond acceptors (Lipinski definition) is 6. The molecule has 6 nitrogen and oxygen atoms in total. The highest BCUT2D eigenvalue weighted by Crippen LogP contribution is 2.32. The van der Waals surface area contributed by atoms with Crippen molar-refractivity contribution in [2.24, 2.45) is 0 Å². The van der Waals surface area contributed by atoms with Gasteiger partial charge in [-0.15, -0.1) is 0 Å². The van der Waals surface area contributed by atoms with Crippen molar-refractivity contribution in [1.29, 1.82) is 0 Å². The number of piperidine rings is 2. The van der Waals surface area contributed by atoms with Crippen LogP contribution in [0.5, 0.6) is 0 Å². The fourth-order valence-electron chi connectivity index (χ4n) is 5.81. The Labute approximate surface area is 192 Å². The molecule has 0 unspecified atom stereocenters. The molecule has 32 heavy (non-hydrogen) atoms. The number of carbonyl (C=O) groups excluding carboxylic acids is 2. The molecule has 0 bridgehead atoms. The predicted molar refractivity (Wildman–Crippen MR) is 126 cm³/mol. The average Bonchev–Trinajstić information content (AvgIpc) is 2.56. The van der Waals surface area contributed by atoms with Crippen molar-refractivity contribution >= 4 is 11.9 Å². The van der Waals surface area contributed by atoms with Gasteiger partial charge < -0.3 is 20.1 Å². The minimum Gasteiger partial charge on any atom is -0.459 e. The van der Waals surface area contributed by atoms with Gasteiger partial charge in [0, 0.05) is 47.8 Å². The lowest BCUT2D eigenvalue weighted by atomic mass is 9.81. The van der Waals surface area contributed by atoms with Crippen LogP contribution in [0.4, 0.5) is 0 Å². The first-order valence-electron chi connectivity index (χ1n) is 11.7. The molecule has 0 amide bonds. The Kier molecular flexibility index (Phi) is 6.53. The summed E-state index contributed by atoms with van der Waals surface area (Å²) in [5.74, 6) is -0.712. The molecular formula is C26H40N2O4. The van der Waals surface area contributed by atoms with Crippen LogP contribution < -0.4 is 10.6 Å². The van der Waals surface area contributed by atoms with Crippen LogP contribution in [0.15, 0.2) is 24.3 Å². The summed E-state index contributed by atoms with van der Waals surface area (Å²) >= 11 is 0. The van der Waals surface area contributed by atoms with E-state index in [0.717, 1.165) is 25.7 Å². The summed E-state index contributed by atoms with van der Waals surface area (Å²) in [6, 6.07) is 6.58. The van der Waals surface area contributed by atoms with Crippen molar-refractivity contribution in [2.45, 2.75) is 115 Å². The van der Waals surface area contributed by atoms with Crippen LogP contribution >= 0.6 is 0 Å². The summed E-state index contributed by atoms with van der Waals surface area (Å²) in [4.78, 5) is 25.4. The average molecular weight is 445 g/mol. The van der Waals surface area contributed by atoms with Gasteiger partial charge in [-0.1, -0.05) is 0 Å². The molecule has 2 heterocycles. The fourth-order valence-corrected chi connectivity index (χ4v) is 5.81. The number of nitrogens with one attached hydrogen (secondary N) is 2. The monoisotopic (exact) mass is 444 g/mol. The first-order valence-corrected chi connectivity index (χ1v) is 11.7. The lowest BCUT2D eigenvalue weighted by molar-refractivity contribution is -0.00805. The van der Waals surface area contributed by atoms with E-state index in [1.807, 2.05) is 0 Å². The van der Waals surface area contributed by atoms with Gasteiger partial charge >= 0.3 is 11.9 Å². The molecule has 0 aliphatic carbocycles. The molecule has 2 aliphatic rings. The molecule has 2 N–H and O–H groups in total. The Bertz CT molecular complexity index is 752. The summed E-state index contributed by atoms with van der Waals surface area (Å²) in [6.07, 6.45) is 2.74. The van der Waals surface area contributed by atoms with Crippen LogP contribution in [0.3, 0.4) is 0 Å². The molecule has 0 radical (unpaired) electrons. The summed E-state index contributed by atoms with van der Waals surface area (Å²) in [5.41, 5.74) is 0.492. The molecule has 0 saturated carbocycles. The van der Waals surface area contributed by atoms with E-state index in [9.17, 15) is 9.59 Å². The van der Waals surface area contributed by atoms with Crippen molar-refractivity contribution in [3.63, 3.8) is 0 Å². The Hall–Kier alpha value is -1.92. The standard InChI is InChI=1S/C26H40N2O4/c1-23(2)13-19(14-24(3,4)27-23)31-21(29)17-9-11-18(12-10-17)22(30)32-20-15-25(5,6)28-26(7,8)16-20/h9-12,19-20,27-28H,13-16H2,1-8H3. The molecule has 178 valence electrons. The third-order valence-corrected chi connectivity index (χ3v) is 6.21. The van der Waals surface area contributed by atoms with Gasteiger partial charge in [0.15, 0.2) is 0 Å². The second kappa shape index (κ2) is 8.45. The number of rotatable bonds is 4. The van der Waals surface area contributed by atoms with Crippen LogP contribution in [0, 0.1) is 0 Å². The van der Waals surface area contributed by atoms with E-state index in [2.05, 4.69) is 66.0 Å². The van der Waals surface area contributed by atoms with Gasteiger partial charge in [-0.05, 0) is 79.7 Å². The lowest BCUT2D eigenvalue weighted by Crippen LogP contribution is -2.59. The minimum absolute atomic E-state index is 0.0991. The normalized spacial score (nSPS) is 24.5. The van der Waals surface area contributed by atoms with Crippen LogP contribution in [-0.4, -0.2) is 46.3 Å². The molecule has 1 aromatic rings. The highest BCUT2D eigenvalue weighted by Gasteiger charge is 2.40. The molecule has 6 heteroatoms. The van der Waals surface area contributed by atoms with Gasteiger partial charge in [-0.2, -0.15) is 0 Å². The van der Waals surface area contributed by atoms with Crippen molar-refractivity contribution in [1.82, 2.24) is 10.6 Å². The van der Waals surface area contributed by atoms with Crippen molar-refractivity contribution in [2.75, 3.05) is 0 Å². The molecule has 0 aromatic heterocycles. The zero-order chi connectivity index (χ0) is 23.9. The van der Waals surface area contributed by atoms with Gasteiger partial charge in [0.05, 0.1) is 11.1 Å². The summed E-state index contributed by atoms with van der Waals surface area (Å²) in [7, 11) is 0. The number of hydrogen-bond donors (Lipinski definition) is 2. The minimum atomic E-state index is -0.356. The second-order valence-electron chi connectivity index (χ2n) is 12.2. The van der Waals surface area contributed by atoms with E-state index in [1.165, 1.54) is 0 Å². The molecule has 3 rings (SSSR count). The van der Waals surface area contributed by atoms with Crippen LogP contribution in [0.2, 0.25) is 0 Å². The summed E-state index contributed by atoms with van der Waals surface area (Å²) in [6.45, 7) is 17.0. The number of ether oxygens (including phenoxy) is 2.